The van der Waals surface area contributed by atoms with Gasteiger partial charge in [-0.2, -0.15) is 12.6 Å². The molecule has 104 valence electrons. The van der Waals surface area contributed by atoms with Crippen LogP contribution in [-0.2, 0) is 0 Å². The second kappa shape index (κ2) is 37.8. The average Bonchev–Trinajstić information content (AvgIpc) is 2.08. The van der Waals surface area contributed by atoms with E-state index < -0.39 is 7.26 Å². The van der Waals surface area contributed by atoms with Gasteiger partial charge in [0.05, 0.1) is 6.16 Å². The van der Waals surface area contributed by atoms with Crippen LogP contribution in [-0.4, -0.2) is 30.4 Å². The summed E-state index contributed by atoms with van der Waals surface area (Å²) in [5.41, 5.74) is 0. The fourth-order valence-corrected chi connectivity index (χ4v) is 3.66. The second-order valence-corrected chi connectivity index (χ2v) is 7.73. The van der Waals surface area contributed by atoms with E-state index in [1.54, 1.807) is 0 Å². The van der Waals surface area contributed by atoms with Crippen LogP contribution in [0.3, 0.4) is 0 Å². The summed E-state index contributed by atoms with van der Waals surface area (Å²) in [6.07, 6.45) is 5.68. The summed E-state index contributed by atoms with van der Waals surface area (Å²) < 4.78 is 0. The molecule has 0 atom stereocenters. The van der Waals surface area contributed by atoms with Gasteiger partial charge in [0.15, 0.2) is 0 Å². The SMILES string of the molecule is [CH2-]C[P+](C[CH2-])(C[CH2-])CCCS.[Rf].[Rf].[Rf].[Rf].[Rf].[Rf].[Rf].[Rf].[Rf].[Rf].[Rf].[Rf].[Rf].[Rf].[Rf].[Rf].[Rf].[Rf]. The minimum Gasteiger partial charge on any atom is -0.307 e. The van der Waals surface area contributed by atoms with Crippen molar-refractivity contribution >= 4 is 19.9 Å². The molecule has 29 heavy (non-hydrogen) atoms. The fourth-order valence-electron chi connectivity index (χ4n) is 1.08. The Kier molecular flexibility index (Phi) is 34.3. The van der Waals surface area contributed by atoms with Crippen LogP contribution in [0.4, 0.5) is 0 Å². The maximum atomic E-state index is 4.21. The first-order valence-corrected chi connectivity index (χ1v) is 7.24. The van der Waals surface area contributed by atoms with Gasteiger partial charge in [-0.3, -0.25) is 0 Å². The van der Waals surface area contributed by atoms with Crippen molar-refractivity contribution in [2.45, 2.75) is 6.42 Å². The van der Waals surface area contributed by atoms with Crippen LogP contribution in [0.2, 0.25) is 0 Å². The molecule has 0 fully saturated rings. The zero-order valence-electron chi connectivity index (χ0n) is 20.0. The van der Waals surface area contributed by atoms with Gasteiger partial charge in [-0.05, 0) is 12.2 Å². The molecule has 0 aliphatic rings. The van der Waals surface area contributed by atoms with E-state index in [4.69, 9.17) is 0 Å². The molecule has 0 N–H and O–H groups in total. The number of hydrogen-bond donors (Lipinski definition) is 1. The zero-order valence-corrected chi connectivity index (χ0v) is 137. The van der Waals surface area contributed by atoms with E-state index in [0.29, 0.717) is 0 Å². The van der Waals surface area contributed by atoms with Crippen LogP contribution < -0.4 is 0 Å². The first kappa shape index (κ1) is 26.3. The summed E-state index contributed by atoms with van der Waals surface area (Å²) in [5, 5.41) is 0. The second-order valence-electron chi connectivity index (χ2n) is 2.81. The summed E-state index contributed by atoms with van der Waals surface area (Å²) in [4.78, 5) is 0. The predicted molar refractivity (Wildman–Crippen MR) is 60.9 cm³/mol. The van der Waals surface area contributed by atoms with Gasteiger partial charge in [0, 0.05) is 0 Å². The van der Waals surface area contributed by atoms with E-state index in [-0.39, 0.29) is 0 Å². The van der Waals surface area contributed by atoms with E-state index >= 15 is 0 Å². The van der Waals surface area contributed by atoms with E-state index in [0.717, 1.165) is 24.2 Å². The van der Waals surface area contributed by atoms with Crippen molar-refractivity contribution in [2.24, 2.45) is 0 Å². The molecule has 0 aliphatic heterocycles. The van der Waals surface area contributed by atoms with Crippen LogP contribution in [0.1, 0.15) is 6.42 Å². The molecule has 0 aliphatic carbocycles. The van der Waals surface area contributed by atoms with Gasteiger partial charge in [0.25, 0.3) is 0 Å². The van der Waals surface area contributed by atoms with Crippen LogP contribution in [0, 0.1) is 20.8 Å². The third kappa shape index (κ3) is 80.1. The van der Waals surface area contributed by atoms with Crippen LogP contribution in [0.5, 0.6) is 0 Å². The van der Waals surface area contributed by atoms with Crippen molar-refractivity contribution in [3.8, 4) is 0 Å². The molecular formula is C9H19PRf18S-2. The summed E-state index contributed by atoms with van der Waals surface area (Å²) in [7, 11) is -0.838. The van der Waals surface area contributed by atoms with Gasteiger partial charge < -0.3 is 20.8 Å². The Bertz CT molecular complexity index is 109. The molecule has 0 aromatic rings. The monoisotopic (exact) mass is 5000 g/mol. The van der Waals surface area contributed by atoms with Crippen molar-refractivity contribution in [3.05, 3.63) is 20.8 Å². The van der Waals surface area contributed by atoms with Crippen LogP contribution in [0.25, 0.3) is 0 Å². The van der Waals surface area contributed by atoms with Crippen LogP contribution >= 0.6 is 19.9 Å². The van der Waals surface area contributed by atoms with Gasteiger partial charge in [-0.1, -0.05) is 25.7 Å². The molecule has 0 heterocycles. The Morgan fingerprint density at radius 2 is 0.586 bits per heavy atom. The van der Waals surface area contributed by atoms with Gasteiger partial charge in [-0.25, -0.2) is 0 Å². The molecule has 0 aromatic heterocycles. The molecule has 20 heteroatoms. The largest absolute Gasteiger partial charge is 0.307 e. The molecule has 0 spiro atoms. The van der Waals surface area contributed by atoms with Gasteiger partial charge >= 0.3 is 0 Å². The Morgan fingerprint density at radius 1 is 0.414 bits per heavy atom. The Balaban J connectivity index is -0.00000000327. The fraction of sp³-hybridized carbons (Fsp3) is 0.667. The van der Waals surface area contributed by atoms with Gasteiger partial charge in [-0.15, -0.1) is 0 Å². The van der Waals surface area contributed by atoms with Crippen molar-refractivity contribution in [3.63, 3.8) is 0 Å². The Morgan fingerprint density at radius 3 is 0.690 bits per heavy atom. The maximum Gasteiger partial charge on any atom is 0.0524 e. The number of rotatable bonds is 6. The molecule has 0 aromatic carbocycles. The molecular weight excluding hydrogens is 4980 g/mol. The van der Waals surface area contributed by atoms with Gasteiger partial charge in [0.2, 0.25) is 0 Å². The summed E-state index contributed by atoms with van der Waals surface area (Å²) in [6, 6.07) is 0. The van der Waals surface area contributed by atoms with Crippen molar-refractivity contribution in [2.75, 3.05) is 30.4 Å². The van der Waals surface area contributed by atoms with Crippen molar-refractivity contribution in [1.82, 2.24) is 0 Å². The normalized spacial score (nSPS) is 4.55. The summed E-state index contributed by atoms with van der Waals surface area (Å²) in [6.45, 7) is 12.0. The topological polar surface area (TPSA) is 0 Å². The number of thiol groups is 1. The molecule has 0 radical (unpaired) electrons. The first-order chi connectivity index (χ1) is 5.24. The zero-order chi connectivity index (χ0) is 8.74. The third-order valence-corrected chi connectivity index (χ3v) is 6.64. The van der Waals surface area contributed by atoms with Crippen LogP contribution in [0.15, 0.2) is 0 Å². The first-order valence-electron chi connectivity index (χ1n) is 4.08. The molecule has 0 amide bonds. The minimum absolute atomic E-state index is 0. The van der Waals surface area contributed by atoms with E-state index in [9.17, 15) is 0 Å². The predicted octanol–water partition coefficient (Wildman–Crippen LogP) is 2.83. The average molecular weight is 5000 g/mol. The van der Waals surface area contributed by atoms with Crippen molar-refractivity contribution in [1.29, 1.82) is 0 Å². The van der Waals surface area contributed by atoms with E-state index in [1.165, 1.54) is 12.6 Å². The van der Waals surface area contributed by atoms with E-state index in [2.05, 4.69) is 33.4 Å². The van der Waals surface area contributed by atoms with Gasteiger partial charge in [0.1, 0.15) is 0 Å². The molecule has 0 rings (SSSR count). The quantitative estimate of drug-likeness (QED) is 0.237. The Hall–Kier alpha value is -17.2. The summed E-state index contributed by atoms with van der Waals surface area (Å²) in [5.74, 6) is 0.988. The summed E-state index contributed by atoms with van der Waals surface area (Å²) >= 11 is 4.21. The molecule has 0 nitrogen and oxygen atoms in total. The minimum atomic E-state index is -0.838. The Labute approximate surface area is 77.9 Å². The number of hydrogen-bond acceptors (Lipinski definition) is 1. The molecule has 0 unspecified atom stereocenters. The molecule has 0 saturated carbocycles. The third-order valence-electron chi connectivity index (χ3n) is 2.21. The maximum absolute atomic E-state index is 4.21. The van der Waals surface area contributed by atoms with Crippen molar-refractivity contribution < 1.29 is 0 Å². The molecule has 0 saturated heterocycles. The standard InChI is InChI=1S/C9H19PS.18Rf/c1-4-10(5-2,6-3)8-7-9-11;;;;;;;;;;;;;;;;;;/h11H,1-9H2;;;;;;;;;;;;;;;;;;/q-2;;;;;;;;;;;;;;;;;;. The molecule has 0 bridgehead atoms. The van der Waals surface area contributed by atoms with E-state index in [1.807, 2.05) is 0 Å². The smallest absolute Gasteiger partial charge is 0.0524 e.